The average molecular weight is 401 g/mol. The molecular formula is C16H32NdO2. The molecule has 2 nitrogen and oxygen atoms in total. The van der Waals surface area contributed by atoms with E-state index in [1.807, 2.05) is 6.92 Å². The fourth-order valence-electron chi connectivity index (χ4n) is 2.62. The van der Waals surface area contributed by atoms with Crippen LogP contribution in [-0.4, -0.2) is 11.1 Å². The van der Waals surface area contributed by atoms with E-state index in [0.717, 1.165) is 32.1 Å². The van der Waals surface area contributed by atoms with Crippen LogP contribution in [0.3, 0.4) is 0 Å². The maximum Gasteiger partial charge on any atom is 0.309 e. The fourth-order valence-corrected chi connectivity index (χ4v) is 2.62. The Bertz CT molecular complexity index is 205. The monoisotopic (exact) mass is 398 g/mol. The van der Waals surface area contributed by atoms with E-state index < -0.39 is 11.4 Å². The molecule has 0 spiro atoms. The number of hydrogen-bond acceptors (Lipinski definition) is 1. The average Bonchev–Trinajstić information content (AvgIpc) is 2.37. The molecule has 0 aliphatic heterocycles. The number of carboxylic acids is 1. The number of hydrogen-bond donors (Lipinski definition) is 1. The number of aliphatic carboxylic acids is 1. The van der Waals surface area contributed by atoms with Crippen molar-refractivity contribution >= 4 is 5.97 Å². The van der Waals surface area contributed by atoms with Crippen molar-refractivity contribution in [1.29, 1.82) is 0 Å². The van der Waals surface area contributed by atoms with E-state index in [9.17, 15) is 9.90 Å². The van der Waals surface area contributed by atoms with Gasteiger partial charge in [-0.1, -0.05) is 72.1 Å². The Morgan fingerprint density at radius 1 is 0.842 bits per heavy atom. The minimum Gasteiger partial charge on any atom is -0.481 e. The summed E-state index contributed by atoms with van der Waals surface area (Å²) < 4.78 is 0. The summed E-state index contributed by atoms with van der Waals surface area (Å²) in [5.74, 6) is -0.571. The van der Waals surface area contributed by atoms with E-state index in [1.54, 1.807) is 0 Å². The molecule has 0 heterocycles. The van der Waals surface area contributed by atoms with Crippen molar-refractivity contribution < 1.29 is 50.7 Å². The van der Waals surface area contributed by atoms with Gasteiger partial charge in [0.15, 0.2) is 0 Å². The Morgan fingerprint density at radius 3 is 1.53 bits per heavy atom. The van der Waals surface area contributed by atoms with Crippen molar-refractivity contribution in [3.8, 4) is 0 Å². The van der Waals surface area contributed by atoms with Crippen LogP contribution in [0.4, 0.5) is 0 Å². The predicted molar refractivity (Wildman–Crippen MR) is 77.9 cm³/mol. The van der Waals surface area contributed by atoms with Gasteiger partial charge < -0.3 is 5.11 Å². The molecule has 0 aromatic carbocycles. The summed E-state index contributed by atoms with van der Waals surface area (Å²) in [6.45, 7) is 6.41. The van der Waals surface area contributed by atoms with Crippen LogP contribution in [0.15, 0.2) is 0 Å². The maximum atomic E-state index is 11.6. The molecule has 0 saturated carbocycles. The van der Waals surface area contributed by atoms with Crippen LogP contribution in [0.25, 0.3) is 0 Å². The van der Waals surface area contributed by atoms with Crippen molar-refractivity contribution in [1.82, 2.24) is 0 Å². The normalized spacial score (nSPS) is 11.1. The first-order valence-corrected chi connectivity index (χ1v) is 7.86. The van der Waals surface area contributed by atoms with Gasteiger partial charge in [0.1, 0.15) is 0 Å². The second-order valence-electron chi connectivity index (χ2n) is 5.56. The summed E-state index contributed by atoms with van der Waals surface area (Å²) in [6.07, 6.45) is 11.9. The Kier molecular flexibility index (Phi) is 16.0. The Hall–Kier alpha value is 0.821. The van der Waals surface area contributed by atoms with Gasteiger partial charge in [-0.25, -0.2) is 0 Å². The van der Waals surface area contributed by atoms with E-state index in [-0.39, 0.29) is 40.8 Å². The summed E-state index contributed by atoms with van der Waals surface area (Å²) in [5.41, 5.74) is -0.443. The molecule has 0 aliphatic rings. The minimum atomic E-state index is -0.571. The molecule has 19 heavy (non-hydrogen) atoms. The minimum absolute atomic E-state index is 0. The van der Waals surface area contributed by atoms with Crippen LogP contribution < -0.4 is 0 Å². The second kappa shape index (κ2) is 13.8. The van der Waals surface area contributed by atoms with Crippen molar-refractivity contribution in [2.75, 3.05) is 0 Å². The molecule has 0 bridgehead atoms. The standard InChI is InChI=1S/C16H32O2.Nd/c1-4-7-9-11-13-16(6-3,15(17)18)14-12-10-8-5-2;/h4-14H2,1-3H3,(H,17,18);. The van der Waals surface area contributed by atoms with Crippen LogP contribution in [0.2, 0.25) is 0 Å². The molecule has 1 N–H and O–H groups in total. The number of rotatable bonds is 12. The van der Waals surface area contributed by atoms with Gasteiger partial charge in [0.05, 0.1) is 5.41 Å². The molecule has 3 heteroatoms. The summed E-state index contributed by atoms with van der Waals surface area (Å²) >= 11 is 0. The van der Waals surface area contributed by atoms with Gasteiger partial charge in [-0.3, -0.25) is 4.79 Å². The van der Waals surface area contributed by atoms with Gasteiger partial charge in [-0.2, -0.15) is 0 Å². The molecule has 0 rings (SSSR count). The Morgan fingerprint density at radius 2 is 1.26 bits per heavy atom. The van der Waals surface area contributed by atoms with Crippen molar-refractivity contribution in [3.63, 3.8) is 0 Å². The summed E-state index contributed by atoms with van der Waals surface area (Å²) in [7, 11) is 0. The van der Waals surface area contributed by atoms with Gasteiger partial charge in [0, 0.05) is 40.8 Å². The molecule has 0 aromatic heterocycles. The van der Waals surface area contributed by atoms with Gasteiger partial charge in [0.25, 0.3) is 0 Å². The smallest absolute Gasteiger partial charge is 0.309 e. The molecule has 0 aliphatic carbocycles. The Balaban J connectivity index is 0. The molecule has 0 saturated heterocycles. The number of carbonyl (C=O) groups is 1. The molecule has 0 fully saturated rings. The molecule has 112 valence electrons. The molecule has 0 amide bonds. The molecule has 0 radical (unpaired) electrons. The SMILES string of the molecule is CCCCCCC(CC)(CCCCCC)C(=O)O.[Nd]. The van der Waals surface area contributed by atoms with Gasteiger partial charge in [0.2, 0.25) is 0 Å². The summed E-state index contributed by atoms with van der Waals surface area (Å²) in [6, 6.07) is 0. The van der Waals surface area contributed by atoms with Crippen LogP contribution in [-0.2, 0) is 4.79 Å². The van der Waals surface area contributed by atoms with Gasteiger partial charge in [-0.15, -0.1) is 0 Å². The third kappa shape index (κ3) is 9.38. The van der Waals surface area contributed by atoms with Crippen LogP contribution in [0.5, 0.6) is 0 Å². The van der Waals surface area contributed by atoms with E-state index >= 15 is 0 Å². The third-order valence-electron chi connectivity index (χ3n) is 4.15. The first-order chi connectivity index (χ1) is 8.63. The van der Waals surface area contributed by atoms with Crippen molar-refractivity contribution in [2.45, 2.75) is 91.4 Å². The topological polar surface area (TPSA) is 37.3 Å². The maximum absolute atomic E-state index is 11.6. The van der Waals surface area contributed by atoms with Crippen molar-refractivity contribution in [2.24, 2.45) is 5.41 Å². The zero-order chi connectivity index (χ0) is 13.9. The first-order valence-electron chi connectivity index (χ1n) is 7.86. The fraction of sp³-hybridized carbons (Fsp3) is 0.938. The van der Waals surface area contributed by atoms with E-state index in [0.29, 0.717) is 0 Å². The Labute approximate surface area is 152 Å². The van der Waals surface area contributed by atoms with E-state index in [2.05, 4.69) is 13.8 Å². The van der Waals surface area contributed by atoms with Gasteiger partial charge >= 0.3 is 5.97 Å². The van der Waals surface area contributed by atoms with Crippen LogP contribution in [0, 0.1) is 46.3 Å². The second-order valence-corrected chi connectivity index (χ2v) is 5.56. The summed E-state index contributed by atoms with van der Waals surface area (Å²) in [5, 5.41) is 9.54. The third-order valence-corrected chi connectivity index (χ3v) is 4.15. The van der Waals surface area contributed by atoms with E-state index in [1.165, 1.54) is 38.5 Å². The molecular weight excluding hydrogens is 368 g/mol. The molecule has 0 atom stereocenters. The van der Waals surface area contributed by atoms with Crippen LogP contribution >= 0.6 is 0 Å². The molecule has 0 unspecified atom stereocenters. The first kappa shape index (κ1) is 22.1. The van der Waals surface area contributed by atoms with Crippen LogP contribution in [0.1, 0.15) is 91.4 Å². The van der Waals surface area contributed by atoms with Crippen molar-refractivity contribution in [3.05, 3.63) is 0 Å². The largest absolute Gasteiger partial charge is 0.481 e. The van der Waals surface area contributed by atoms with E-state index in [4.69, 9.17) is 0 Å². The zero-order valence-corrected chi connectivity index (χ0v) is 16.3. The predicted octanol–water partition coefficient (Wildman–Crippen LogP) is 5.41. The number of carboxylic acid groups (broad SMARTS) is 1. The zero-order valence-electron chi connectivity index (χ0n) is 13.1. The quantitative estimate of drug-likeness (QED) is 0.445. The molecule has 0 aromatic rings. The van der Waals surface area contributed by atoms with Gasteiger partial charge in [-0.05, 0) is 19.3 Å². The number of unbranched alkanes of at least 4 members (excludes halogenated alkanes) is 6. The summed E-state index contributed by atoms with van der Waals surface area (Å²) in [4.78, 5) is 11.6.